The van der Waals surface area contributed by atoms with Gasteiger partial charge in [-0.05, 0) is 46.6 Å². The molecule has 3 heteroatoms. The molecule has 0 aliphatic carbocycles. The number of rotatable bonds is 5. The van der Waals surface area contributed by atoms with E-state index in [1.807, 2.05) is 18.8 Å². The molecule has 84 valence electrons. The maximum Gasteiger partial charge on any atom is 0.0314 e. The molecule has 0 saturated heterocycles. The molecular weight excluding hydrogens is 270 g/mol. The molecule has 0 unspecified atom stereocenters. The first-order chi connectivity index (χ1) is 7.13. The molecule has 0 aliphatic rings. The van der Waals surface area contributed by atoms with Crippen molar-refractivity contribution in [2.24, 2.45) is 5.92 Å². The van der Waals surface area contributed by atoms with Gasteiger partial charge in [0.05, 0.1) is 0 Å². The zero-order valence-corrected chi connectivity index (χ0v) is 11.9. The SMILES string of the molecule is CNCc1ccc(SCC(C)C)c(Br)c1. The fourth-order valence-electron chi connectivity index (χ4n) is 1.23. The fourth-order valence-corrected chi connectivity index (χ4v) is 2.88. The van der Waals surface area contributed by atoms with Crippen LogP contribution in [0.25, 0.3) is 0 Å². The first-order valence-electron chi connectivity index (χ1n) is 5.19. The van der Waals surface area contributed by atoms with Crippen LogP contribution in [0.15, 0.2) is 27.6 Å². The van der Waals surface area contributed by atoms with Crippen molar-refractivity contribution in [1.82, 2.24) is 5.32 Å². The molecule has 0 amide bonds. The van der Waals surface area contributed by atoms with Crippen molar-refractivity contribution in [3.8, 4) is 0 Å². The standard InChI is InChI=1S/C12H18BrNS/c1-9(2)8-15-12-5-4-10(7-14-3)6-11(12)13/h4-6,9,14H,7-8H2,1-3H3. The van der Waals surface area contributed by atoms with Crippen LogP contribution in [0.1, 0.15) is 19.4 Å². The number of hydrogen-bond acceptors (Lipinski definition) is 2. The zero-order chi connectivity index (χ0) is 11.3. The fraction of sp³-hybridized carbons (Fsp3) is 0.500. The maximum atomic E-state index is 3.62. The van der Waals surface area contributed by atoms with Crippen LogP contribution < -0.4 is 5.32 Å². The predicted octanol–water partition coefficient (Wildman–Crippen LogP) is 3.92. The monoisotopic (exact) mass is 287 g/mol. The average molecular weight is 288 g/mol. The second-order valence-corrected chi connectivity index (χ2v) is 5.92. The summed E-state index contributed by atoms with van der Waals surface area (Å²) in [7, 11) is 1.97. The highest BCUT2D eigenvalue weighted by Gasteiger charge is 2.03. The minimum Gasteiger partial charge on any atom is -0.316 e. The summed E-state index contributed by atoms with van der Waals surface area (Å²) < 4.78 is 1.21. The van der Waals surface area contributed by atoms with Crippen LogP contribution in [-0.4, -0.2) is 12.8 Å². The van der Waals surface area contributed by atoms with Gasteiger partial charge in [0, 0.05) is 21.7 Å². The molecule has 0 atom stereocenters. The van der Waals surface area contributed by atoms with E-state index in [1.54, 1.807) is 0 Å². The van der Waals surface area contributed by atoms with Gasteiger partial charge in [0.1, 0.15) is 0 Å². The Morgan fingerprint density at radius 3 is 2.67 bits per heavy atom. The number of halogens is 1. The molecule has 1 nitrogen and oxygen atoms in total. The van der Waals surface area contributed by atoms with Crippen LogP contribution in [-0.2, 0) is 6.54 Å². The quantitative estimate of drug-likeness (QED) is 0.824. The van der Waals surface area contributed by atoms with Crippen LogP contribution in [0.4, 0.5) is 0 Å². The van der Waals surface area contributed by atoms with E-state index in [0.29, 0.717) is 0 Å². The molecule has 0 radical (unpaired) electrons. The van der Waals surface area contributed by atoms with Crippen molar-refractivity contribution in [3.63, 3.8) is 0 Å². The van der Waals surface area contributed by atoms with E-state index in [2.05, 4.69) is 53.3 Å². The molecule has 0 heterocycles. The average Bonchev–Trinajstić information content (AvgIpc) is 2.17. The number of hydrogen-bond donors (Lipinski definition) is 1. The Morgan fingerprint density at radius 1 is 1.40 bits per heavy atom. The third kappa shape index (κ3) is 4.58. The van der Waals surface area contributed by atoms with E-state index in [1.165, 1.54) is 20.7 Å². The van der Waals surface area contributed by atoms with Crippen LogP contribution in [0.2, 0.25) is 0 Å². The van der Waals surface area contributed by atoms with Crippen molar-refractivity contribution < 1.29 is 0 Å². The maximum absolute atomic E-state index is 3.62. The number of benzene rings is 1. The smallest absolute Gasteiger partial charge is 0.0314 e. The highest BCUT2D eigenvalue weighted by molar-refractivity contribution is 9.10. The van der Waals surface area contributed by atoms with Crippen molar-refractivity contribution in [2.45, 2.75) is 25.3 Å². The summed E-state index contributed by atoms with van der Waals surface area (Å²) >= 11 is 5.53. The molecule has 0 aliphatic heterocycles. The van der Waals surface area contributed by atoms with Crippen molar-refractivity contribution in [3.05, 3.63) is 28.2 Å². The molecule has 0 spiro atoms. The minimum atomic E-state index is 0.735. The van der Waals surface area contributed by atoms with E-state index < -0.39 is 0 Å². The summed E-state index contributed by atoms with van der Waals surface area (Å²) in [6, 6.07) is 6.58. The number of nitrogens with one attached hydrogen (secondary N) is 1. The lowest BCUT2D eigenvalue weighted by Crippen LogP contribution is -2.04. The van der Waals surface area contributed by atoms with Gasteiger partial charge in [-0.3, -0.25) is 0 Å². The van der Waals surface area contributed by atoms with Gasteiger partial charge in [-0.25, -0.2) is 0 Å². The summed E-state index contributed by atoms with van der Waals surface area (Å²) in [5, 5.41) is 3.15. The largest absolute Gasteiger partial charge is 0.316 e. The lowest BCUT2D eigenvalue weighted by Gasteiger charge is -2.08. The molecular formula is C12H18BrNS. The summed E-state index contributed by atoms with van der Waals surface area (Å²) in [5.74, 6) is 1.91. The highest BCUT2D eigenvalue weighted by atomic mass is 79.9. The van der Waals surface area contributed by atoms with Crippen molar-refractivity contribution in [1.29, 1.82) is 0 Å². The summed E-state index contributed by atoms with van der Waals surface area (Å²) in [6.45, 7) is 5.42. The Bertz CT molecular complexity index is 312. The summed E-state index contributed by atoms with van der Waals surface area (Å²) in [6.07, 6.45) is 0. The molecule has 0 aromatic heterocycles. The predicted molar refractivity (Wildman–Crippen MR) is 72.5 cm³/mol. The van der Waals surface area contributed by atoms with Crippen LogP contribution >= 0.6 is 27.7 Å². The molecule has 0 saturated carbocycles. The van der Waals surface area contributed by atoms with Gasteiger partial charge in [-0.15, -0.1) is 11.8 Å². The normalized spacial score (nSPS) is 11.0. The van der Waals surface area contributed by atoms with Gasteiger partial charge in [-0.2, -0.15) is 0 Å². The third-order valence-corrected chi connectivity index (χ3v) is 4.37. The first kappa shape index (κ1) is 13.1. The lowest BCUT2D eigenvalue weighted by atomic mass is 10.2. The van der Waals surface area contributed by atoms with Gasteiger partial charge in [0.15, 0.2) is 0 Å². The topological polar surface area (TPSA) is 12.0 Å². The van der Waals surface area contributed by atoms with E-state index in [4.69, 9.17) is 0 Å². The molecule has 15 heavy (non-hydrogen) atoms. The van der Waals surface area contributed by atoms with E-state index >= 15 is 0 Å². The Labute approximate surface area is 105 Å². The van der Waals surface area contributed by atoms with Gasteiger partial charge in [-0.1, -0.05) is 19.9 Å². The number of thioether (sulfide) groups is 1. The molecule has 0 bridgehead atoms. The van der Waals surface area contributed by atoms with Crippen LogP contribution in [0.3, 0.4) is 0 Å². The van der Waals surface area contributed by atoms with Gasteiger partial charge >= 0.3 is 0 Å². The second kappa shape index (κ2) is 6.56. The summed E-state index contributed by atoms with van der Waals surface area (Å²) in [4.78, 5) is 1.34. The Kier molecular flexibility index (Phi) is 5.72. The molecule has 1 aromatic rings. The molecule has 1 rings (SSSR count). The van der Waals surface area contributed by atoms with Crippen LogP contribution in [0.5, 0.6) is 0 Å². The minimum absolute atomic E-state index is 0.735. The Morgan fingerprint density at radius 2 is 2.13 bits per heavy atom. The zero-order valence-electron chi connectivity index (χ0n) is 9.51. The second-order valence-electron chi connectivity index (χ2n) is 4.00. The molecule has 0 fully saturated rings. The van der Waals surface area contributed by atoms with E-state index in [0.717, 1.165) is 12.5 Å². The van der Waals surface area contributed by atoms with Gasteiger partial charge in [0.25, 0.3) is 0 Å². The first-order valence-corrected chi connectivity index (χ1v) is 6.97. The molecule has 1 N–H and O–H groups in total. The Balaban J connectivity index is 2.66. The van der Waals surface area contributed by atoms with Crippen molar-refractivity contribution in [2.75, 3.05) is 12.8 Å². The lowest BCUT2D eigenvalue weighted by molar-refractivity contribution is 0.750. The third-order valence-electron chi connectivity index (χ3n) is 1.95. The Hall–Kier alpha value is 0.01000. The van der Waals surface area contributed by atoms with Gasteiger partial charge in [0.2, 0.25) is 0 Å². The van der Waals surface area contributed by atoms with Crippen LogP contribution in [0, 0.1) is 5.92 Å². The highest BCUT2D eigenvalue weighted by Crippen LogP contribution is 2.29. The van der Waals surface area contributed by atoms with Crippen molar-refractivity contribution >= 4 is 27.7 Å². The van der Waals surface area contributed by atoms with Gasteiger partial charge < -0.3 is 5.32 Å². The summed E-state index contributed by atoms with van der Waals surface area (Å²) in [5.41, 5.74) is 1.32. The molecule has 1 aromatic carbocycles. The van der Waals surface area contributed by atoms with E-state index in [9.17, 15) is 0 Å². The van der Waals surface area contributed by atoms with E-state index in [-0.39, 0.29) is 0 Å².